The van der Waals surface area contributed by atoms with E-state index in [0.717, 1.165) is 12.3 Å². The molecule has 2 rings (SSSR count). The lowest BCUT2D eigenvalue weighted by molar-refractivity contribution is 0.415. The Morgan fingerprint density at radius 2 is 2.06 bits per heavy atom. The Hall–Kier alpha value is -1.48. The third-order valence-corrected chi connectivity index (χ3v) is 3.39. The van der Waals surface area contributed by atoms with Crippen molar-refractivity contribution in [3.05, 3.63) is 29.0 Å². The average Bonchev–Trinajstić information content (AvgIpc) is 2.69. The second kappa shape index (κ2) is 5.02. The highest BCUT2D eigenvalue weighted by atomic mass is 16.5. The summed E-state index contributed by atoms with van der Waals surface area (Å²) in [6.07, 6.45) is 0. The van der Waals surface area contributed by atoms with Crippen molar-refractivity contribution in [2.45, 2.75) is 33.2 Å². The molecule has 18 heavy (non-hydrogen) atoms. The highest BCUT2D eigenvalue weighted by molar-refractivity contribution is 5.89. The molecule has 2 N–H and O–H groups in total. The first-order valence-corrected chi connectivity index (χ1v) is 6.42. The van der Waals surface area contributed by atoms with Crippen LogP contribution in [0.15, 0.2) is 12.1 Å². The third-order valence-electron chi connectivity index (χ3n) is 3.39. The van der Waals surface area contributed by atoms with E-state index in [0.29, 0.717) is 5.92 Å². The van der Waals surface area contributed by atoms with Crippen LogP contribution in [0.2, 0.25) is 0 Å². The number of methoxy groups -OCH3 is 1. The van der Waals surface area contributed by atoms with Crippen molar-refractivity contribution < 1.29 is 4.74 Å². The van der Waals surface area contributed by atoms with Gasteiger partial charge in [0.2, 0.25) is 0 Å². The van der Waals surface area contributed by atoms with Crippen molar-refractivity contribution in [3.63, 3.8) is 0 Å². The van der Waals surface area contributed by atoms with Gasteiger partial charge in [-0.3, -0.25) is 0 Å². The van der Waals surface area contributed by atoms with Crippen molar-refractivity contribution in [2.75, 3.05) is 14.2 Å². The predicted octanol–water partition coefficient (Wildman–Crippen LogP) is 3.33. The SMILES string of the molecule is CNCc1c(C(C)C)[nH]c2c(C)cc(OC)cc12. The standard InChI is InChI=1S/C15H22N2O/c1-9(2)14-13(8-16-4)12-7-11(18-5)6-10(3)15(12)17-14/h6-7,9,16-17H,8H2,1-5H3. The molecule has 0 spiro atoms. The molecule has 1 aromatic carbocycles. The zero-order chi connectivity index (χ0) is 13.3. The summed E-state index contributed by atoms with van der Waals surface area (Å²) in [4.78, 5) is 3.57. The molecule has 0 saturated heterocycles. The fraction of sp³-hybridized carbons (Fsp3) is 0.467. The predicted molar refractivity (Wildman–Crippen MR) is 76.4 cm³/mol. The summed E-state index contributed by atoms with van der Waals surface area (Å²) in [6.45, 7) is 7.43. The molecule has 0 aliphatic heterocycles. The first-order valence-electron chi connectivity index (χ1n) is 6.42. The molecule has 0 radical (unpaired) electrons. The molecule has 0 saturated carbocycles. The summed E-state index contributed by atoms with van der Waals surface area (Å²) in [5.41, 5.74) is 5.12. The van der Waals surface area contributed by atoms with Crippen LogP contribution in [0.1, 0.15) is 36.6 Å². The van der Waals surface area contributed by atoms with E-state index in [1.807, 2.05) is 7.05 Å². The number of fused-ring (bicyclic) bond motifs is 1. The average molecular weight is 246 g/mol. The highest BCUT2D eigenvalue weighted by Crippen LogP contribution is 2.32. The molecule has 0 amide bonds. The Labute approximate surface area is 109 Å². The van der Waals surface area contributed by atoms with Gasteiger partial charge in [0.25, 0.3) is 0 Å². The van der Waals surface area contributed by atoms with Gasteiger partial charge in [-0.2, -0.15) is 0 Å². The normalized spacial score (nSPS) is 11.4. The minimum absolute atomic E-state index is 0.492. The Bertz CT molecular complexity index is 555. The molecule has 2 aromatic rings. The maximum atomic E-state index is 5.37. The number of rotatable bonds is 4. The van der Waals surface area contributed by atoms with Gasteiger partial charge in [0.1, 0.15) is 5.75 Å². The quantitative estimate of drug-likeness (QED) is 0.868. The van der Waals surface area contributed by atoms with Gasteiger partial charge in [0.05, 0.1) is 7.11 Å². The summed E-state index contributed by atoms with van der Waals surface area (Å²) >= 11 is 0. The largest absolute Gasteiger partial charge is 0.497 e. The molecular weight excluding hydrogens is 224 g/mol. The van der Waals surface area contributed by atoms with Crippen LogP contribution in [-0.4, -0.2) is 19.1 Å². The lowest BCUT2D eigenvalue weighted by Gasteiger charge is -2.07. The number of aromatic amines is 1. The molecule has 0 aliphatic carbocycles. The zero-order valence-electron chi connectivity index (χ0n) is 11.8. The van der Waals surface area contributed by atoms with E-state index in [4.69, 9.17) is 4.74 Å². The number of ether oxygens (including phenoxy) is 1. The van der Waals surface area contributed by atoms with E-state index in [9.17, 15) is 0 Å². The van der Waals surface area contributed by atoms with E-state index < -0.39 is 0 Å². The molecule has 0 bridgehead atoms. The summed E-state index contributed by atoms with van der Waals surface area (Å²) in [5, 5.41) is 4.52. The van der Waals surface area contributed by atoms with Crippen LogP contribution < -0.4 is 10.1 Å². The van der Waals surface area contributed by atoms with Crippen LogP contribution in [0.4, 0.5) is 0 Å². The fourth-order valence-electron chi connectivity index (χ4n) is 2.49. The minimum Gasteiger partial charge on any atom is -0.497 e. The van der Waals surface area contributed by atoms with E-state index in [-0.39, 0.29) is 0 Å². The number of nitrogens with one attached hydrogen (secondary N) is 2. The molecule has 0 fully saturated rings. The van der Waals surface area contributed by atoms with Crippen molar-refractivity contribution >= 4 is 10.9 Å². The summed E-state index contributed by atoms with van der Waals surface area (Å²) < 4.78 is 5.37. The Morgan fingerprint density at radius 3 is 2.61 bits per heavy atom. The monoisotopic (exact) mass is 246 g/mol. The van der Waals surface area contributed by atoms with Gasteiger partial charge in [0, 0.05) is 23.1 Å². The fourth-order valence-corrected chi connectivity index (χ4v) is 2.49. The molecule has 1 heterocycles. The third kappa shape index (κ3) is 2.10. The second-order valence-corrected chi connectivity index (χ2v) is 5.07. The van der Waals surface area contributed by atoms with Gasteiger partial charge in [-0.25, -0.2) is 0 Å². The van der Waals surface area contributed by atoms with Crippen LogP contribution in [-0.2, 0) is 6.54 Å². The molecule has 0 atom stereocenters. The molecule has 1 aromatic heterocycles. The van der Waals surface area contributed by atoms with Crippen molar-refractivity contribution in [2.24, 2.45) is 0 Å². The zero-order valence-corrected chi connectivity index (χ0v) is 11.8. The molecule has 98 valence electrons. The van der Waals surface area contributed by atoms with Crippen molar-refractivity contribution in [3.8, 4) is 5.75 Å². The van der Waals surface area contributed by atoms with Crippen LogP contribution in [0, 0.1) is 6.92 Å². The Kier molecular flexibility index (Phi) is 3.62. The van der Waals surface area contributed by atoms with Crippen LogP contribution in [0.25, 0.3) is 10.9 Å². The summed E-state index contributed by atoms with van der Waals surface area (Å²) in [5.74, 6) is 1.41. The van der Waals surface area contributed by atoms with Gasteiger partial charge in [0.15, 0.2) is 0 Å². The summed E-state index contributed by atoms with van der Waals surface area (Å²) in [7, 11) is 3.70. The second-order valence-electron chi connectivity index (χ2n) is 5.07. The highest BCUT2D eigenvalue weighted by Gasteiger charge is 2.15. The topological polar surface area (TPSA) is 37.0 Å². The molecule has 3 nitrogen and oxygen atoms in total. The van der Waals surface area contributed by atoms with Crippen LogP contribution >= 0.6 is 0 Å². The molecule has 3 heteroatoms. The van der Waals surface area contributed by atoms with Gasteiger partial charge in [-0.05, 0) is 43.1 Å². The van der Waals surface area contributed by atoms with E-state index in [2.05, 4.69) is 43.2 Å². The smallest absolute Gasteiger partial charge is 0.119 e. The number of H-pyrrole nitrogens is 1. The number of hydrogen-bond donors (Lipinski definition) is 2. The van der Waals surface area contributed by atoms with Gasteiger partial charge < -0.3 is 15.0 Å². The maximum Gasteiger partial charge on any atom is 0.119 e. The molecule has 0 aliphatic rings. The van der Waals surface area contributed by atoms with E-state index in [1.165, 1.54) is 27.7 Å². The lowest BCUT2D eigenvalue weighted by atomic mass is 10.0. The Balaban J connectivity index is 2.73. The van der Waals surface area contributed by atoms with Gasteiger partial charge >= 0.3 is 0 Å². The first kappa shape index (κ1) is 13.0. The number of hydrogen-bond acceptors (Lipinski definition) is 2. The van der Waals surface area contributed by atoms with Gasteiger partial charge in [-0.1, -0.05) is 13.8 Å². The number of benzene rings is 1. The molecular formula is C15H22N2O. The maximum absolute atomic E-state index is 5.37. The van der Waals surface area contributed by atoms with Gasteiger partial charge in [-0.15, -0.1) is 0 Å². The number of aryl methyl sites for hydroxylation is 1. The molecule has 0 unspecified atom stereocenters. The number of aromatic nitrogens is 1. The van der Waals surface area contributed by atoms with E-state index >= 15 is 0 Å². The van der Waals surface area contributed by atoms with Crippen molar-refractivity contribution in [1.82, 2.24) is 10.3 Å². The first-order chi connectivity index (χ1) is 8.58. The van der Waals surface area contributed by atoms with Crippen LogP contribution in [0.3, 0.4) is 0 Å². The Morgan fingerprint density at radius 1 is 1.33 bits per heavy atom. The van der Waals surface area contributed by atoms with Crippen molar-refractivity contribution in [1.29, 1.82) is 0 Å². The summed E-state index contributed by atoms with van der Waals surface area (Å²) in [6, 6.07) is 4.20. The minimum atomic E-state index is 0.492. The van der Waals surface area contributed by atoms with Crippen LogP contribution in [0.5, 0.6) is 5.75 Å². The lowest BCUT2D eigenvalue weighted by Crippen LogP contribution is -2.07. The van der Waals surface area contributed by atoms with E-state index in [1.54, 1.807) is 7.11 Å².